The Bertz CT molecular complexity index is 811. The molecule has 3 aromatic carbocycles. The van der Waals surface area contributed by atoms with E-state index in [2.05, 4.69) is 5.32 Å². The number of hydrogen-bond donors (Lipinski definition) is 2. The van der Waals surface area contributed by atoms with E-state index < -0.39 is 17.5 Å². The van der Waals surface area contributed by atoms with Crippen LogP contribution in [0, 0.1) is 5.82 Å². The molecule has 2 N–H and O–H groups in total. The average Bonchev–Trinajstić information content (AvgIpc) is 2.66. The molecule has 3 aromatic rings. The Morgan fingerprint density at radius 1 is 0.880 bits per heavy atom. The van der Waals surface area contributed by atoms with E-state index >= 15 is 0 Å². The topological polar surface area (TPSA) is 49.3 Å². The second kappa shape index (κ2) is 7.62. The number of nitrogens with one attached hydrogen (secondary N) is 1. The quantitative estimate of drug-likeness (QED) is 0.738. The standard InChI is InChI=1S/C21H18FNO2/c22-19-13-7-12-17(20(19)24)21(25)23-14-18(15-8-3-1-4-9-15)16-10-5-2-6-11-16/h1-13,18,24H,14H2,(H,23,25). The molecule has 0 fully saturated rings. The molecule has 126 valence electrons. The van der Waals surface area contributed by atoms with Gasteiger partial charge in [0.1, 0.15) is 0 Å². The minimum absolute atomic E-state index is 0.0398. The molecule has 0 heterocycles. The largest absolute Gasteiger partial charge is 0.504 e. The zero-order valence-electron chi connectivity index (χ0n) is 13.5. The molecule has 0 bridgehead atoms. The summed E-state index contributed by atoms with van der Waals surface area (Å²) in [5, 5.41) is 12.5. The van der Waals surface area contributed by atoms with Crippen molar-refractivity contribution >= 4 is 5.91 Å². The fourth-order valence-electron chi connectivity index (χ4n) is 2.79. The van der Waals surface area contributed by atoms with Gasteiger partial charge in [-0.25, -0.2) is 4.39 Å². The number of carbonyl (C=O) groups is 1. The van der Waals surface area contributed by atoms with Crippen LogP contribution in [0.2, 0.25) is 0 Å². The zero-order valence-corrected chi connectivity index (χ0v) is 13.5. The normalized spacial score (nSPS) is 10.6. The van der Waals surface area contributed by atoms with Crippen LogP contribution < -0.4 is 5.32 Å². The van der Waals surface area contributed by atoms with Crippen molar-refractivity contribution in [2.75, 3.05) is 6.54 Å². The number of para-hydroxylation sites is 1. The molecule has 1 amide bonds. The smallest absolute Gasteiger partial charge is 0.255 e. The monoisotopic (exact) mass is 335 g/mol. The number of phenolic OH excluding ortho intramolecular Hbond substituents is 1. The minimum Gasteiger partial charge on any atom is -0.504 e. The number of benzene rings is 3. The van der Waals surface area contributed by atoms with Crippen LogP contribution in [0.15, 0.2) is 78.9 Å². The molecular formula is C21H18FNO2. The van der Waals surface area contributed by atoms with Crippen LogP contribution in [0.5, 0.6) is 5.75 Å². The Kier molecular flexibility index (Phi) is 5.09. The number of amides is 1. The van der Waals surface area contributed by atoms with Crippen LogP contribution in [0.1, 0.15) is 27.4 Å². The van der Waals surface area contributed by atoms with E-state index in [1.165, 1.54) is 12.1 Å². The van der Waals surface area contributed by atoms with E-state index in [4.69, 9.17) is 0 Å². The van der Waals surface area contributed by atoms with Crippen LogP contribution in [-0.2, 0) is 0 Å². The highest BCUT2D eigenvalue weighted by molar-refractivity contribution is 5.96. The van der Waals surface area contributed by atoms with Crippen molar-refractivity contribution in [1.29, 1.82) is 0 Å². The molecule has 0 saturated heterocycles. The SMILES string of the molecule is O=C(NCC(c1ccccc1)c1ccccc1)c1cccc(F)c1O. The number of aromatic hydroxyl groups is 1. The van der Waals surface area contributed by atoms with Crippen molar-refractivity contribution in [3.8, 4) is 5.75 Å². The van der Waals surface area contributed by atoms with Gasteiger partial charge in [0.25, 0.3) is 5.91 Å². The molecule has 0 atom stereocenters. The molecule has 0 aliphatic carbocycles. The van der Waals surface area contributed by atoms with Gasteiger partial charge in [0.15, 0.2) is 11.6 Å². The zero-order chi connectivity index (χ0) is 17.6. The third-order valence-corrected chi connectivity index (χ3v) is 4.10. The lowest BCUT2D eigenvalue weighted by atomic mass is 9.91. The summed E-state index contributed by atoms with van der Waals surface area (Å²) in [6.07, 6.45) is 0. The molecule has 0 saturated carbocycles. The van der Waals surface area contributed by atoms with Crippen molar-refractivity contribution in [3.05, 3.63) is 101 Å². The van der Waals surface area contributed by atoms with Crippen molar-refractivity contribution in [1.82, 2.24) is 5.32 Å². The fourth-order valence-corrected chi connectivity index (χ4v) is 2.79. The molecule has 25 heavy (non-hydrogen) atoms. The lowest BCUT2D eigenvalue weighted by Gasteiger charge is -2.19. The van der Waals surface area contributed by atoms with Crippen LogP contribution in [0.3, 0.4) is 0 Å². The van der Waals surface area contributed by atoms with E-state index in [1.807, 2.05) is 60.7 Å². The molecule has 0 spiro atoms. The van der Waals surface area contributed by atoms with Gasteiger partial charge in [0, 0.05) is 12.5 Å². The molecule has 3 nitrogen and oxygen atoms in total. The van der Waals surface area contributed by atoms with E-state index in [1.54, 1.807) is 0 Å². The van der Waals surface area contributed by atoms with Crippen LogP contribution >= 0.6 is 0 Å². The molecular weight excluding hydrogens is 317 g/mol. The molecule has 4 heteroatoms. The van der Waals surface area contributed by atoms with Gasteiger partial charge in [0.2, 0.25) is 0 Å². The predicted octanol–water partition coefficient (Wildman–Crippen LogP) is 4.09. The average molecular weight is 335 g/mol. The van der Waals surface area contributed by atoms with E-state index in [9.17, 15) is 14.3 Å². The predicted molar refractivity (Wildman–Crippen MR) is 95.1 cm³/mol. The summed E-state index contributed by atoms with van der Waals surface area (Å²) in [6.45, 7) is 0.336. The number of phenols is 1. The Balaban J connectivity index is 1.82. The van der Waals surface area contributed by atoms with Gasteiger partial charge in [-0.3, -0.25) is 4.79 Å². The molecule has 3 rings (SSSR count). The summed E-state index contributed by atoms with van der Waals surface area (Å²) in [5.74, 6) is -1.98. The van der Waals surface area contributed by atoms with Crippen molar-refractivity contribution < 1.29 is 14.3 Å². The number of halogens is 1. The Morgan fingerprint density at radius 3 is 2.00 bits per heavy atom. The summed E-state index contributed by atoms with van der Waals surface area (Å²) in [5.41, 5.74) is 2.06. The number of carbonyl (C=O) groups excluding carboxylic acids is 1. The van der Waals surface area contributed by atoms with Crippen LogP contribution in [-0.4, -0.2) is 17.6 Å². The van der Waals surface area contributed by atoms with Crippen LogP contribution in [0.4, 0.5) is 4.39 Å². The van der Waals surface area contributed by atoms with E-state index in [-0.39, 0.29) is 11.5 Å². The second-order valence-corrected chi connectivity index (χ2v) is 5.72. The first-order valence-corrected chi connectivity index (χ1v) is 8.02. The van der Waals surface area contributed by atoms with Gasteiger partial charge >= 0.3 is 0 Å². The van der Waals surface area contributed by atoms with Crippen LogP contribution in [0.25, 0.3) is 0 Å². The molecule has 0 unspecified atom stereocenters. The van der Waals surface area contributed by atoms with Gasteiger partial charge < -0.3 is 10.4 Å². The molecule has 0 aliphatic heterocycles. The second-order valence-electron chi connectivity index (χ2n) is 5.72. The summed E-state index contributed by atoms with van der Waals surface area (Å²) < 4.78 is 13.4. The van der Waals surface area contributed by atoms with E-state index in [0.29, 0.717) is 6.54 Å². The fraction of sp³-hybridized carbons (Fsp3) is 0.0952. The first kappa shape index (κ1) is 16.7. The Labute approximate surface area is 145 Å². The van der Waals surface area contributed by atoms with Crippen molar-refractivity contribution in [2.24, 2.45) is 0 Å². The summed E-state index contributed by atoms with van der Waals surface area (Å²) in [4.78, 5) is 12.3. The number of rotatable bonds is 5. The number of hydrogen-bond acceptors (Lipinski definition) is 2. The molecule has 0 aliphatic rings. The lowest BCUT2D eigenvalue weighted by Crippen LogP contribution is -2.29. The highest BCUT2D eigenvalue weighted by Gasteiger charge is 2.18. The third kappa shape index (κ3) is 3.86. The van der Waals surface area contributed by atoms with Crippen molar-refractivity contribution in [3.63, 3.8) is 0 Å². The maximum Gasteiger partial charge on any atom is 0.255 e. The Hall–Kier alpha value is -3.14. The maximum atomic E-state index is 13.4. The highest BCUT2D eigenvalue weighted by Crippen LogP contribution is 2.25. The lowest BCUT2D eigenvalue weighted by molar-refractivity contribution is 0.0949. The van der Waals surface area contributed by atoms with Gasteiger partial charge in [-0.15, -0.1) is 0 Å². The third-order valence-electron chi connectivity index (χ3n) is 4.10. The molecule has 0 aromatic heterocycles. The maximum absolute atomic E-state index is 13.4. The Morgan fingerprint density at radius 2 is 1.44 bits per heavy atom. The van der Waals surface area contributed by atoms with E-state index in [0.717, 1.165) is 17.2 Å². The van der Waals surface area contributed by atoms with Gasteiger partial charge in [0.05, 0.1) is 5.56 Å². The first-order valence-electron chi connectivity index (χ1n) is 8.02. The van der Waals surface area contributed by atoms with Crippen molar-refractivity contribution in [2.45, 2.75) is 5.92 Å². The highest BCUT2D eigenvalue weighted by atomic mass is 19.1. The van der Waals surface area contributed by atoms with Gasteiger partial charge in [-0.05, 0) is 23.3 Å². The van der Waals surface area contributed by atoms with Gasteiger partial charge in [-0.1, -0.05) is 66.7 Å². The summed E-state index contributed by atoms with van der Waals surface area (Å²) >= 11 is 0. The summed E-state index contributed by atoms with van der Waals surface area (Å²) in [6, 6.07) is 23.6. The van der Waals surface area contributed by atoms with Gasteiger partial charge in [-0.2, -0.15) is 0 Å². The minimum atomic E-state index is -0.810. The first-order chi connectivity index (χ1) is 12.2. The molecule has 0 radical (unpaired) electrons. The summed E-state index contributed by atoms with van der Waals surface area (Å²) in [7, 11) is 0.